The van der Waals surface area contributed by atoms with E-state index in [-0.39, 0.29) is 11.4 Å². The smallest absolute Gasteiger partial charge is 0.243 e. The van der Waals surface area contributed by atoms with Gasteiger partial charge in [-0.3, -0.25) is 0 Å². The van der Waals surface area contributed by atoms with Crippen molar-refractivity contribution >= 4 is 10.0 Å². The number of sulfonamides is 1. The highest BCUT2D eigenvalue weighted by Crippen LogP contribution is 2.34. The third-order valence-electron chi connectivity index (χ3n) is 3.47. The summed E-state index contributed by atoms with van der Waals surface area (Å²) in [5, 5.41) is 9.82. The molecule has 4 nitrogen and oxygen atoms in total. The molecule has 1 aromatic rings. The van der Waals surface area contributed by atoms with Crippen LogP contribution in [0.2, 0.25) is 0 Å². The molecule has 1 N–H and O–H groups in total. The molecule has 1 aliphatic heterocycles. The van der Waals surface area contributed by atoms with Crippen LogP contribution in [0.5, 0.6) is 0 Å². The van der Waals surface area contributed by atoms with Gasteiger partial charge in [0.2, 0.25) is 10.0 Å². The minimum atomic E-state index is -3.69. The fourth-order valence-corrected chi connectivity index (χ4v) is 4.03. The van der Waals surface area contributed by atoms with E-state index in [2.05, 4.69) is 0 Å². The SMILES string of the molecule is CC1(C)C(O)CCN1S(=O)(=O)c1ccc(F)cc1. The molecule has 1 saturated heterocycles. The van der Waals surface area contributed by atoms with Crippen LogP contribution in [0.25, 0.3) is 0 Å². The molecule has 1 atom stereocenters. The molecule has 0 saturated carbocycles. The molecule has 0 spiro atoms. The third kappa shape index (κ3) is 2.04. The molecule has 1 fully saturated rings. The van der Waals surface area contributed by atoms with E-state index in [9.17, 15) is 17.9 Å². The van der Waals surface area contributed by atoms with Gasteiger partial charge in [0.15, 0.2) is 0 Å². The predicted molar refractivity (Wildman–Crippen MR) is 65.0 cm³/mol. The fraction of sp³-hybridized carbons (Fsp3) is 0.500. The summed E-state index contributed by atoms with van der Waals surface area (Å²) in [7, 11) is -3.69. The molecule has 0 aromatic heterocycles. The quantitative estimate of drug-likeness (QED) is 0.885. The van der Waals surface area contributed by atoms with Crippen LogP contribution >= 0.6 is 0 Å². The summed E-state index contributed by atoms with van der Waals surface area (Å²) in [5.74, 6) is -0.477. The molecule has 0 amide bonds. The van der Waals surface area contributed by atoms with E-state index in [1.807, 2.05) is 0 Å². The van der Waals surface area contributed by atoms with E-state index < -0.39 is 27.5 Å². The molecule has 0 bridgehead atoms. The molecule has 0 aliphatic carbocycles. The number of aliphatic hydroxyl groups is 1. The van der Waals surface area contributed by atoms with Crippen LogP contribution < -0.4 is 0 Å². The molecule has 0 radical (unpaired) electrons. The maximum atomic E-state index is 12.8. The average molecular weight is 273 g/mol. The molecule has 6 heteroatoms. The second-order valence-corrected chi connectivity index (χ2v) is 6.85. The highest BCUT2D eigenvalue weighted by atomic mass is 32.2. The Kier molecular flexibility index (Phi) is 3.21. The number of hydrogen-bond donors (Lipinski definition) is 1. The van der Waals surface area contributed by atoms with Crippen molar-refractivity contribution in [2.75, 3.05) is 6.54 Å². The van der Waals surface area contributed by atoms with Gasteiger partial charge in [-0.05, 0) is 44.5 Å². The van der Waals surface area contributed by atoms with Gasteiger partial charge < -0.3 is 5.11 Å². The van der Waals surface area contributed by atoms with Crippen molar-refractivity contribution in [2.24, 2.45) is 0 Å². The zero-order valence-corrected chi connectivity index (χ0v) is 11.1. The first-order chi connectivity index (χ1) is 8.26. The molecule has 1 aromatic carbocycles. The van der Waals surface area contributed by atoms with E-state index in [0.29, 0.717) is 6.42 Å². The zero-order chi connectivity index (χ0) is 13.6. The highest BCUT2D eigenvalue weighted by Gasteiger charge is 2.46. The number of rotatable bonds is 2. The molecule has 18 heavy (non-hydrogen) atoms. The Morgan fingerprint density at radius 1 is 1.33 bits per heavy atom. The summed E-state index contributed by atoms with van der Waals surface area (Å²) >= 11 is 0. The molecular weight excluding hydrogens is 257 g/mol. The topological polar surface area (TPSA) is 57.6 Å². The first kappa shape index (κ1) is 13.5. The monoisotopic (exact) mass is 273 g/mol. The van der Waals surface area contributed by atoms with Crippen molar-refractivity contribution in [1.82, 2.24) is 4.31 Å². The Hall–Kier alpha value is -0.980. The average Bonchev–Trinajstić information content (AvgIpc) is 2.55. The van der Waals surface area contributed by atoms with Crippen molar-refractivity contribution in [3.05, 3.63) is 30.1 Å². The predicted octanol–water partition coefficient (Wildman–Crippen LogP) is 1.36. The van der Waals surface area contributed by atoms with Crippen LogP contribution in [0, 0.1) is 5.82 Å². The van der Waals surface area contributed by atoms with Gasteiger partial charge >= 0.3 is 0 Å². The van der Waals surface area contributed by atoms with Crippen molar-refractivity contribution in [3.63, 3.8) is 0 Å². The van der Waals surface area contributed by atoms with E-state index in [1.165, 1.54) is 16.4 Å². The van der Waals surface area contributed by atoms with Gasteiger partial charge in [-0.25, -0.2) is 12.8 Å². The highest BCUT2D eigenvalue weighted by molar-refractivity contribution is 7.89. The van der Waals surface area contributed by atoms with Crippen molar-refractivity contribution in [2.45, 2.75) is 36.8 Å². The number of benzene rings is 1. The normalized spacial score (nSPS) is 24.3. The maximum Gasteiger partial charge on any atom is 0.243 e. The lowest BCUT2D eigenvalue weighted by atomic mass is 10.0. The Morgan fingerprint density at radius 3 is 2.33 bits per heavy atom. The summed E-state index contributed by atoms with van der Waals surface area (Å²) in [6, 6.07) is 4.72. The van der Waals surface area contributed by atoms with Gasteiger partial charge in [-0.1, -0.05) is 0 Å². The van der Waals surface area contributed by atoms with Crippen LogP contribution in [0.4, 0.5) is 4.39 Å². The lowest BCUT2D eigenvalue weighted by molar-refractivity contribution is 0.0901. The van der Waals surface area contributed by atoms with Gasteiger partial charge in [0, 0.05) is 6.54 Å². The Morgan fingerprint density at radius 2 is 1.89 bits per heavy atom. The van der Waals surface area contributed by atoms with Gasteiger partial charge in [-0.2, -0.15) is 4.31 Å². The van der Waals surface area contributed by atoms with Gasteiger partial charge in [0.1, 0.15) is 5.82 Å². The van der Waals surface area contributed by atoms with Crippen LogP contribution in [-0.4, -0.2) is 36.0 Å². The number of hydrogen-bond acceptors (Lipinski definition) is 3. The first-order valence-corrected chi connectivity index (χ1v) is 7.17. The minimum Gasteiger partial charge on any atom is -0.391 e. The van der Waals surface area contributed by atoms with Crippen molar-refractivity contribution in [3.8, 4) is 0 Å². The summed E-state index contributed by atoms with van der Waals surface area (Å²) in [5.41, 5.74) is -0.840. The van der Waals surface area contributed by atoms with E-state index in [4.69, 9.17) is 0 Å². The van der Waals surface area contributed by atoms with E-state index >= 15 is 0 Å². The van der Waals surface area contributed by atoms with Crippen LogP contribution in [-0.2, 0) is 10.0 Å². The fourth-order valence-electron chi connectivity index (χ4n) is 2.21. The second-order valence-electron chi connectivity index (χ2n) is 4.99. The molecule has 2 rings (SSSR count). The van der Waals surface area contributed by atoms with Gasteiger partial charge in [0.05, 0.1) is 16.5 Å². The summed E-state index contributed by atoms with van der Waals surface area (Å²) < 4.78 is 38.9. The molecular formula is C12H16FNO3S. The third-order valence-corrected chi connectivity index (χ3v) is 5.57. The van der Waals surface area contributed by atoms with Crippen LogP contribution in [0.1, 0.15) is 20.3 Å². The first-order valence-electron chi connectivity index (χ1n) is 5.73. The second kappa shape index (κ2) is 4.29. The van der Waals surface area contributed by atoms with Crippen molar-refractivity contribution in [1.29, 1.82) is 0 Å². The zero-order valence-electron chi connectivity index (χ0n) is 10.3. The largest absolute Gasteiger partial charge is 0.391 e. The molecule has 1 heterocycles. The Bertz CT molecular complexity index is 539. The number of aliphatic hydroxyl groups excluding tert-OH is 1. The summed E-state index contributed by atoms with van der Waals surface area (Å²) in [4.78, 5) is 0.0473. The maximum absolute atomic E-state index is 12.8. The Balaban J connectivity index is 2.41. The van der Waals surface area contributed by atoms with Gasteiger partial charge in [0.25, 0.3) is 0 Å². The van der Waals surface area contributed by atoms with Crippen molar-refractivity contribution < 1.29 is 17.9 Å². The summed E-state index contributed by atoms with van der Waals surface area (Å²) in [6.45, 7) is 3.64. The minimum absolute atomic E-state index is 0.0473. The van der Waals surface area contributed by atoms with Crippen LogP contribution in [0.15, 0.2) is 29.2 Å². The summed E-state index contributed by atoms with van der Waals surface area (Å²) in [6.07, 6.45) is -0.277. The Labute approximate surface area is 106 Å². The standard InChI is InChI=1S/C12H16FNO3S/c1-12(2)11(15)7-8-14(12)18(16,17)10-5-3-9(13)4-6-10/h3-6,11,15H,7-8H2,1-2H3. The molecule has 100 valence electrons. The molecule has 1 aliphatic rings. The number of nitrogens with zero attached hydrogens (tertiary/aromatic N) is 1. The van der Waals surface area contributed by atoms with E-state index in [0.717, 1.165) is 12.1 Å². The molecule has 1 unspecified atom stereocenters. The van der Waals surface area contributed by atoms with Crippen LogP contribution in [0.3, 0.4) is 0 Å². The lowest BCUT2D eigenvalue weighted by Crippen LogP contribution is -2.47. The van der Waals surface area contributed by atoms with Gasteiger partial charge in [-0.15, -0.1) is 0 Å². The number of halogens is 1. The lowest BCUT2D eigenvalue weighted by Gasteiger charge is -2.32. The van der Waals surface area contributed by atoms with E-state index in [1.54, 1.807) is 13.8 Å².